The van der Waals surface area contributed by atoms with Gasteiger partial charge in [-0.25, -0.2) is 9.55 Å². The number of pyridine rings is 1. The average Bonchev–Trinajstić information content (AvgIpc) is 3.45. The number of halogens is 1. The minimum atomic E-state index is -0.737. The number of thioether (sulfide) groups is 2. The Bertz CT molecular complexity index is 1670. The Morgan fingerprint density at radius 3 is 2.71 bits per heavy atom. The Kier molecular flexibility index (Phi) is 10.8. The lowest BCUT2D eigenvalue weighted by Gasteiger charge is -2.49. The minimum Gasteiger partial charge on any atom is -0.370 e. The zero-order valence-corrected chi connectivity index (χ0v) is 27.1. The lowest BCUT2D eigenvalue weighted by molar-refractivity contribution is -0.687. The number of amides is 3. The summed E-state index contributed by atoms with van der Waals surface area (Å²) in [6, 6.07) is 10.4. The molecule has 0 bridgehead atoms. The molecule has 0 radical (unpaired) electrons. The van der Waals surface area contributed by atoms with Crippen LogP contribution in [0.3, 0.4) is 0 Å². The molecule has 45 heavy (non-hydrogen) atoms. The van der Waals surface area contributed by atoms with Crippen LogP contribution in [0.2, 0.25) is 0 Å². The van der Waals surface area contributed by atoms with Gasteiger partial charge in [-0.3, -0.25) is 29.1 Å². The highest BCUT2D eigenvalue weighted by atomic mass is 35.5. The van der Waals surface area contributed by atoms with Gasteiger partial charge in [0.15, 0.2) is 29.2 Å². The second-order valence-electron chi connectivity index (χ2n) is 9.94. The van der Waals surface area contributed by atoms with Crippen LogP contribution in [0.5, 0.6) is 0 Å². The fourth-order valence-electron chi connectivity index (χ4n) is 4.65. The van der Waals surface area contributed by atoms with Gasteiger partial charge in [0.1, 0.15) is 17.1 Å². The van der Waals surface area contributed by atoms with E-state index in [-0.39, 0.29) is 35.1 Å². The Morgan fingerprint density at radius 1 is 1.20 bits per heavy atom. The highest BCUT2D eigenvalue weighted by Crippen LogP contribution is 2.41. The van der Waals surface area contributed by atoms with Crippen LogP contribution < -0.4 is 26.7 Å². The van der Waals surface area contributed by atoms with Crippen LogP contribution in [0, 0.1) is 0 Å². The highest BCUT2D eigenvalue weighted by Gasteiger charge is 2.53. The van der Waals surface area contributed by atoms with Crippen LogP contribution in [0.1, 0.15) is 16.8 Å². The van der Waals surface area contributed by atoms with Gasteiger partial charge in [0.2, 0.25) is 5.91 Å². The molecular formula is C29H30ClN8O4S3+. The smallest absolute Gasteiger partial charge is 0.269 e. The number of hydrogen-bond donors (Lipinski definition) is 4. The molecule has 0 unspecified atom stereocenters. The third-order valence-electron chi connectivity index (χ3n) is 6.80. The number of nitrogens with one attached hydrogen (secondary N) is 2. The van der Waals surface area contributed by atoms with Gasteiger partial charge in [-0.2, -0.15) is 0 Å². The fraction of sp³-hybridized carbons (Fsp3) is 0.276. The molecule has 0 spiro atoms. The lowest BCUT2D eigenvalue weighted by Crippen LogP contribution is -2.70. The molecule has 4 heterocycles. The van der Waals surface area contributed by atoms with Crippen LogP contribution in [-0.4, -0.2) is 74.8 Å². The average molecular weight is 686 g/mol. The number of fused-ring (bicyclic) bond motifs is 2. The first-order valence-corrected chi connectivity index (χ1v) is 17.1. The summed E-state index contributed by atoms with van der Waals surface area (Å²) in [7, 11) is 0. The zero-order valence-electron chi connectivity index (χ0n) is 23.9. The van der Waals surface area contributed by atoms with Crippen molar-refractivity contribution in [3.05, 3.63) is 77.8 Å². The Morgan fingerprint density at radius 2 is 1.98 bits per heavy atom. The molecular weight excluding hydrogens is 656 g/mol. The second-order valence-corrected chi connectivity index (χ2v) is 13.6. The number of β-lactam (4-membered cyclic amide) rings is 1. The number of nitrogens with zero attached hydrogens (tertiary/aromatic N) is 4. The quantitative estimate of drug-likeness (QED) is 0.0397. The summed E-state index contributed by atoms with van der Waals surface area (Å²) in [5.74, 6) is -0.275. The second kappa shape index (κ2) is 14.9. The fourth-order valence-corrected chi connectivity index (χ4v) is 8.06. The number of aliphatic imine (C=N–C) groups is 1. The molecule has 0 saturated carbocycles. The van der Waals surface area contributed by atoms with Crippen molar-refractivity contribution < 1.29 is 23.7 Å². The maximum atomic E-state index is 13.1. The molecule has 1 fully saturated rings. The molecule has 1 saturated heterocycles. The maximum absolute atomic E-state index is 13.1. The molecule has 0 aliphatic carbocycles. The molecule has 234 valence electrons. The van der Waals surface area contributed by atoms with Gasteiger partial charge in [-0.05, 0) is 41.8 Å². The lowest BCUT2D eigenvalue weighted by atomic mass is 10.0. The van der Waals surface area contributed by atoms with E-state index in [0.29, 0.717) is 42.9 Å². The molecule has 3 amide bonds. The van der Waals surface area contributed by atoms with Crippen molar-refractivity contribution in [3.63, 3.8) is 0 Å². The van der Waals surface area contributed by atoms with E-state index < -0.39 is 16.7 Å². The maximum Gasteiger partial charge on any atom is 0.269 e. The van der Waals surface area contributed by atoms with Gasteiger partial charge in [0.25, 0.3) is 17.1 Å². The van der Waals surface area contributed by atoms with Crippen molar-refractivity contribution in [2.24, 2.45) is 16.5 Å². The molecule has 5 rings (SSSR count). The Labute approximate surface area is 276 Å². The van der Waals surface area contributed by atoms with Gasteiger partial charge in [0.05, 0.1) is 21.5 Å². The van der Waals surface area contributed by atoms with E-state index in [1.165, 1.54) is 39.8 Å². The molecule has 6 N–H and O–H groups in total. The van der Waals surface area contributed by atoms with E-state index in [2.05, 4.69) is 20.6 Å². The summed E-state index contributed by atoms with van der Waals surface area (Å²) >= 11 is 10.2. The van der Waals surface area contributed by atoms with Gasteiger partial charge in [-0.1, -0.05) is 30.0 Å². The molecule has 2 aliphatic heterocycles. The summed E-state index contributed by atoms with van der Waals surface area (Å²) in [5.41, 5.74) is 12.7. The number of hydrogen-bond acceptors (Lipinski definition) is 9. The third kappa shape index (κ3) is 8.03. The number of thiazole rings is 1. The summed E-state index contributed by atoms with van der Waals surface area (Å²) in [6.45, 7) is 1.34. The van der Waals surface area contributed by atoms with Gasteiger partial charge < -0.3 is 22.1 Å². The number of para-hydroxylation sites is 1. The highest BCUT2D eigenvalue weighted by molar-refractivity contribution is 8.01. The first-order chi connectivity index (χ1) is 21.7. The number of benzene rings is 1. The van der Waals surface area contributed by atoms with E-state index in [9.17, 15) is 19.2 Å². The summed E-state index contributed by atoms with van der Waals surface area (Å²) < 4.78 is 3.69. The summed E-state index contributed by atoms with van der Waals surface area (Å²) in [5, 5.41) is 4.48. The zero-order chi connectivity index (χ0) is 31.9. The van der Waals surface area contributed by atoms with E-state index in [1.807, 2.05) is 34.9 Å². The molecule has 3 aromatic rings. The largest absolute Gasteiger partial charge is 0.370 e. The minimum absolute atomic E-state index is 0.0205. The van der Waals surface area contributed by atoms with Gasteiger partial charge in [0, 0.05) is 31.0 Å². The van der Waals surface area contributed by atoms with E-state index >= 15 is 0 Å². The number of nitrogens with two attached hydrogens (primary N) is 2. The number of carbonyl (C=O) groups excluding carboxylic acids is 4. The van der Waals surface area contributed by atoms with E-state index in [1.54, 1.807) is 30.6 Å². The molecule has 12 nitrogen and oxygen atoms in total. The normalized spacial score (nSPS) is 17.6. The van der Waals surface area contributed by atoms with Crippen molar-refractivity contribution in [1.82, 2.24) is 20.5 Å². The molecule has 1 aromatic carbocycles. The Hall–Kier alpha value is -3.92. The first kappa shape index (κ1) is 32.5. The SMILES string of the molecule is NC(N)=NCCCNC(=O)c1cc[n+](C/C=C/C2=C(C(=O)Cl)N3C(=O)[C@@H](NC(=O)CSc4nc5ccccc5s4)[C@H]3SC2)cc1. The Balaban J connectivity index is 1.12. The van der Waals surface area contributed by atoms with Crippen LogP contribution >= 0.6 is 46.5 Å². The van der Waals surface area contributed by atoms with Gasteiger partial charge >= 0.3 is 0 Å². The number of guanidine groups is 1. The van der Waals surface area contributed by atoms with Crippen LogP contribution in [0.15, 0.2) is 81.5 Å². The van der Waals surface area contributed by atoms with Crippen molar-refractivity contribution in [2.75, 3.05) is 24.6 Å². The predicted molar refractivity (Wildman–Crippen MR) is 177 cm³/mol. The first-order valence-electron chi connectivity index (χ1n) is 13.9. The predicted octanol–water partition coefficient (Wildman–Crippen LogP) is 1.75. The summed E-state index contributed by atoms with van der Waals surface area (Å²) in [6.07, 6.45) is 7.78. The van der Waals surface area contributed by atoms with Crippen molar-refractivity contribution in [3.8, 4) is 0 Å². The number of rotatable bonds is 13. The topological polar surface area (TPSA) is 177 Å². The van der Waals surface area contributed by atoms with Crippen molar-refractivity contribution >= 4 is 85.6 Å². The molecule has 2 aliphatic rings. The standard InChI is InChI=1S/C29H29ClN8O4S3/c30-24(40)23-18(5-3-12-37-13-8-17(9-14-37)25(41)33-10-4-11-34-28(31)32)15-43-27-22(26(42)38(23)27)36-21(39)16-44-29-35-19-6-1-2-7-20(19)45-29/h1-3,5-9,13-14,22,27H,4,10-12,15-16H2,(H5-,31,32,33,34,36,39,41)/p+1/b5-3+/t22-,27-/m1/s1. The van der Waals surface area contributed by atoms with Crippen LogP contribution in [-0.2, 0) is 20.9 Å². The van der Waals surface area contributed by atoms with Crippen LogP contribution in [0.25, 0.3) is 10.2 Å². The molecule has 2 atom stereocenters. The number of allylic oxidation sites excluding steroid dienone is 3. The van der Waals surface area contributed by atoms with Gasteiger partial charge in [-0.15, -0.1) is 23.1 Å². The third-order valence-corrected chi connectivity index (χ3v) is 10.5. The number of aromatic nitrogens is 2. The van der Waals surface area contributed by atoms with E-state index in [4.69, 9.17) is 23.1 Å². The number of carbonyl (C=O) groups is 4. The van der Waals surface area contributed by atoms with E-state index in [0.717, 1.165) is 14.6 Å². The summed E-state index contributed by atoms with van der Waals surface area (Å²) in [4.78, 5) is 60.2. The molecule has 16 heteroatoms. The van der Waals surface area contributed by atoms with Crippen LogP contribution in [0.4, 0.5) is 0 Å². The van der Waals surface area contributed by atoms with Crippen molar-refractivity contribution in [1.29, 1.82) is 0 Å². The monoisotopic (exact) mass is 685 g/mol. The molecule has 2 aromatic heterocycles. The van der Waals surface area contributed by atoms with Crippen molar-refractivity contribution in [2.45, 2.75) is 28.7 Å².